The first-order chi connectivity index (χ1) is 31.7. The van der Waals surface area contributed by atoms with Gasteiger partial charge in [-0.15, -0.1) is 0 Å². The second kappa shape index (κ2) is 14.5. The van der Waals surface area contributed by atoms with Gasteiger partial charge >= 0.3 is 0 Å². The topological polar surface area (TPSA) is 35.6 Å². The molecule has 0 radical (unpaired) electrons. The Kier molecular flexibility index (Phi) is 8.18. The fourth-order valence-electron chi connectivity index (χ4n) is 9.88. The van der Waals surface area contributed by atoms with Crippen LogP contribution in [0.5, 0.6) is 0 Å². The van der Waals surface area contributed by atoms with E-state index in [9.17, 15) is 0 Å². The molecule has 0 aliphatic carbocycles. The molecule has 298 valence electrons. The average Bonchev–Trinajstić information content (AvgIpc) is 3.89. The van der Waals surface area contributed by atoms with Gasteiger partial charge in [0.25, 0.3) is 0 Å². The van der Waals surface area contributed by atoms with Crippen LogP contribution in [0.2, 0.25) is 0 Å². The lowest BCUT2D eigenvalue weighted by Crippen LogP contribution is -1.96. The number of fused-ring (bicyclic) bond motifs is 9. The van der Waals surface area contributed by atoms with Crippen LogP contribution in [-0.4, -0.2) is 19.1 Å². The van der Waals surface area contributed by atoms with Gasteiger partial charge in [-0.25, -0.2) is 9.97 Å². The zero-order chi connectivity index (χ0) is 42.1. The first-order valence-electron chi connectivity index (χ1n) is 21.8. The summed E-state index contributed by atoms with van der Waals surface area (Å²) < 4.78 is 4.78. The van der Waals surface area contributed by atoms with E-state index in [4.69, 9.17) is 9.97 Å². The van der Waals surface area contributed by atoms with E-state index < -0.39 is 0 Å². The summed E-state index contributed by atoms with van der Waals surface area (Å²) in [7, 11) is 0. The lowest BCUT2D eigenvalue weighted by atomic mass is 9.98. The van der Waals surface area contributed by atoms with Crippen LogP contribution in [0.1, 0.15) is 0 Å². The minimum atomic E-state index is 0.702. The van der Waals surface area contributed by atoms with Crippen molar-refractivity contribution in [2.24, 2.45) is 0 Å². The summed E-state index contributed by atoms with van der Waals surface area (Å²) in [6.07, 6.45) is 0. The molecule has 64 heavy (non-hydrogen) atoms. The van der Waals surface area contributed by atoms with Gasteiger partial charge in [0.05, 0.1) is 33.3 Å². The highest BCUT2D eigenvalue weighted by molar-refractivity contribution is 6.19. The van der Waals surface area contributed by atoms with Crippen LogP contribution >= 0.6 is 0 Å². The molecule has 10 aromatic carbocycles. The van der Waals surface area contributed by atoms with Gasteiger partial charge in [-0.3, -0.25) is 0 Å². The summed E-state index contributed by atoms with van der Waals surface area (Å²) in [4.78, 5) is 10.5. The third-order valence-electron chi connectivity index (χ3n) is 12.9. The fraction of sp³-hybridized carbons (Fsp3) is 0. The Hall–Kier alpha value is -8.60. The third-order valence-corrected chi connectivity index (χ3v) is 12.9. The van der Waals surface area contributed by atoms with Crippen molar-refractivity contribution in [1.29, 1.82) is 0 Å². The zero-order valence-electron chi connectivity index (χ0n) is 34.7. The van der Waals surface area contributed by atoms with Crippen LogP contribution < -0.4 is 0 Å². The number of hydrogen-bond acceptors (Lipinski definition) is 2. The van der Waals surface area contributed by atoms with Crippen LogP contribution in [-0.2, 0) is 0 Å². The molecule has 4 nitrogen and oxygen atoms in total. The van der Waals surface area contributed by atoms with E-state index >= 15 is 0 Å². The minimum absolute atomic E-state index is 0.702. The van der Waals surface area contributed by atoms with Gasteiger partial charge in [0.2, 0.25) is 0 Å². The van der Waals surface area contributed by atoms with E-state index in [1.54, 1.807) is 0 Å². The predicted octanol–water partition coefficient (Wildman–Crippen LogP) is 15.6. The van der Waals surface area contributed by atoms with Crippen molar-refractivity contribution in [2.45, 2.75) is 0 Å². The molecule has 0 amide bonds. The third kappa shape index (κ3) is 5.77. The molecule has 0 spiro atoms. The zero-order valence-corrected chi connectivity index (χ0v) is 34.7. The maximum atomic E-state index is 5.33. The molecule has 3 heterocycles. The molecule has 13 aromatic rings. The quantitative estimate of drug-likeness (QED) is 0.168. The maximum Gasteiger partial charge on any atom is 0.160 e. The second-order valence-corrected chi connectivity index (χ2v) is 16.6. The monoisotopic (exact) mass is 814 g/mol. The van der Waals surface area contributed by atoms with Gasteiger partial charge in [-0.05, 0) is 88.3 Å². The smallest absolute Gasteiger partial charge is 0.160 e. The van der Waals surface area contributed by atoms with Gasteiger partial charge in [-0.2, -0.15) is 0 Å². The van der Waals surface area contributed by atoms with E-state index in [-0.39, 0.29) is 0 Å². The van der Waals surface area contributed by atoms with Crippen LogP contribution in [0.25, 0.3) is 122 Å². The van der Waals surface area contributed by atoms with Crippen molar-refractivity contribution in [1.82, 2.24) is 19.1 Å². The van der Waals surface area contributed by atoms with Crippen molar-refractivity contribution < 1.29 is 0 Å². The molecule has 0 unspecified atom stereocenters. The maximum absolute atomic E-state index is 5.33. The number of benzene rings is 10. The van der Waals surface area contributed by atoms with Gasteiger partial charge in [0, 0.05) is 54.8 Å². The highest BCUT2D eigenvalue weighted by atomic mass is 15.0. The predicted molar refractivity (Wildman–Crippen MR) is 267 cm³/mol. The van der Waals surface area contributed by atoms with Gasteiger partial charge in [0.1, 0.15) is 0 Å². The molecule has 0 atom stereocenters. The summed E-state index contributed by atoms with van der Waals surface area (Å²) in [5, 5.41) is 8.44. The first kappa shape index (κ1) is 36.1. The molecule has 0 N–H and O–H groups in total. The first-order valence-corrected chi connectivity index (χ1v) is 21.8. The molecule has 13 rings (SSSR count). The standard InChI is InChI=1S/C60H38N4/c1-4-15-41(16-5-1)58-53-37-43(44-31-35-56-52(36-44)51-33-28-40-14-10-11-21-48(40)59(51)64(56)47-19-8-3-9-20-47)30-34-54(53)61-60(62-58)42-26-24-39(25-27-42)45-29-32-50-49-22-12-13-23-55(49)63(57(50)38-45)46-17-6-2-7-18-46/h1-38H. The van der Waals surface area contributed by atoms with Crippen LogP contribution in [0.4, 0.5) is 0 Å². The minimum Gasteiger partial charge on any atom is -0.309 e. The highest BCUT2D eigenvalue weighted by Crippen LogP contribution is 2.40. The van der Waals surface area contributed by atoms with Crippen molar-refractivity contribution >= 4 is 65.3 Å². The summed E-state index contributed by atoms with van der Waals surface area (Å²) >= 11 is 0. The largest absolute Gasteiger partial charge is 0.309 e. The Balaban J connectivity index is 0.912. The Morgan fingerprint density at radius 1 is 0.281 bits per heavy atom. The van der Waals surface area contributed by atoms with E-state index in [0.717, 1.165) is 61.4 Å². The molecule has 0 bridgehead atoms. The molecule has 0 aliphatic heterocycles. The molecular formula is C60H38N4. The van der Waals surface area contributed by atoms with E-state index in [1.165, 1.54) is 54.4 Å². The molecule has 3 aromatic heterocycles. The lowest BCUT2D eigenvalue weighted by Gasteiger charge is -2.12. The van der Waals surface area contributed by atoms with Crippen LogP contribution in [0, 0.1) is 0 Å². The van der Waals surface area contributed by atoms with Crippen molar-refractivity contribution in [3.8, 4) is 56.3 Å². The van der Waals surface area contributed by atoms with Gasteiger partial charge < -0.3 is 9.13 Å². The van der Waals surface area contributed by atoms with Crippen LogP contribution in [0.3, 0.4) is 0 Å². The normalized spacial score (nSPS) is 11.8. The summed E-state index contributed by atoms with van der Waals surface area (Å²) in [5.41, 5.74) is 15.5. The Morgan fingerprint density at radius 3 is 1.61 bits per heavy atom. The molecule has 0 fully saturated rings. The SMILES string of the molecule is c1ccc(-c2nc(-c3ccc(-c4ccc5c6ccccc6n(-c6ccccc6)c5c4)cc3)nc3ccc(-c4ccc5c(c4)c4ccc6ccccc6c4n5-c4ccccc4)cc23)cc1. The molecule has 0 saturated heterocycles. The Labute approximate surface area is 369 Å². The second-order valence-electron chi connectivity index (χ2n) is 16.6. The summed E-state index contributed by atoms with van der Waals surface area (Å²) in [6.45, 7) is 0. The van der Waals surface area contributed by atoms with Crippen molar-refractivity contribution in [3.63, 3.8) is 0 Å². The van der Waals surface area contributed by atoms with Crippen molar-refractivity contribution in [2.75, 3.05) is 0 Å². The fourth-order valence-corrected chi connectivity index (χ4v) is 9.88. The Morgan fingerprint density at radius 2 is 0.828 bits per heavy atom. The molecule has 0 aliphatic rings. The average molecular weight is 815 g/mol. The number of hydrogen-bond donors (Lipinski definition) is 0. The molecule has 4 heteroatoms. The van der Waals surface area contributed by atoms with Gasteiger partial charge in [-0.1, -0.05) is 170 Å². The van der Waals surface area contributed by atoms with Crippen molar-refractivity contribution in [3.05, 3.63) is 231 Å². The van der Waals surface area contributed by atoms with Gasteiger partial charge in [0.15, 0.2) is 5.82 Å². The number of nitrogens with zero attached hydrogens (tertiary/aromatic N) is 4. The molecular weight excluding hydrogens is 777 g/mol. The number of aromatic nitrogens is 4. The lowest BCUT2D eigenvalue weighted by molar-refractivity contribution is 1.18. The summed E-state index contributed by atoms with van der Waals surface area (Å²) in [5.74, 6) is 0.702. The van der Waals surface area contributed by atoms with E-state index in [1.807, 2.05) is 0 Å². The number of rotatable bonds is 6. The summed E-state index contributed by atoms with van der Waals surface area (Å²) in [6, 6.07) is 82.7. The Bertz CT molecular complexity index is 3920. The van der Waals surface area contributed by atoms with Crippen LogP contribution in [0.15, 0.2) is 231 Å². The van der Waals surface area contributed by atoms with E-state index in [2.05, 4.69) is 240 Å². The highest BCUT2D eigenvalue weighted by Gasteiger charge is 2.18. The molecule has 0 saturated carbocycles. The number of para-hydroxylation sites is 3. The van der Waals surface area contributed by atoms with E-state index in [0.29, 0.717) is 5.82 Å².